The molecule has 2 bridgehead atoms. The highest BCUT2D eigenvalue weighted by Gasteiger charge is 2.53. The molecule has 1 aliphatic carbocycles. The van der Waals surface area contributed by atoms with E-state index in [9.17, 15) is 34.5 Å². The number of amides is 1. The third-order valence-electron chi connectivity index (χ3n) is 16.1. The predicted octanol–water partition coefficient (Wildman–Crippen LogP) is 7.20. The second-order valence-electron chi connectivity index (χ2n) is 21.7. The number of nitrogens with two attached hydrogens (primary N) is 1. The topological polar surface area (TPSA) is 208 Å². The first-order valence-corrected chi connectivity index (χ1v) is 27.0. The third-order valence-corrected chi connectivity index (χ3v) is 16.1. The number of anilines is 1. The van der Waals surface area contributed by atoms with Gasteiger partial charge in [0.2, 0.25) is 5.79 Å². The summed E-state index contributed by atoms with van der Waals surface area (Å²) in [7, 11) is 4.67. The lowest BCUT2D eigenvalue weighted by Gasteiger charge is -2.44. The molecule has 5 rings (SSSR count). The van der Waals surface area contributed by atoms with Crippen LogP contribution in [0.25, 0.3) is 0 Å². The van der Waals surface area contributed by atoms with Crippen LogP contribution in [0.2, 0.25) is 0 Å². The van der Waals surface area contributed by atoms with Crippen molar-refractivity contribution < 1.29 is 58.2 Å². The highest BCUT2D eigenvalue weighted by Crippen LogP contribution is 2.39. The lowest BCUT2D eigenvalue weighted by Crippen LogP contribution is -2.61. The van der Waals surface area contributed by atoms with E-state index in [1.807, 2.05) is 88.4 Å². The zero-order chi connectivity index (χ0) is 53.4. The molecule has 408 valence electrons. The lowest BCUT2D eigenvalue weighted by molar-refractivity contribution is -0.263. The average molecular weight is 1020 g/mol. The van der Waals surface area contributed by atoms with E-state index in [2.05, 4.69) is 4.90 Å². The van der Waals surface area contributed by atoms with Crippen molar-refractivity contribution in [2.75, 3.05) is 45.9 Å². The van der Waals surface area contributed by atoms with Crippen LogP contribution in [0.5, 0.6) is 0 Å². The summed E-state index contributed by atoms with van der Waals surface area (Å²) in [6, 6.07) is 8.03. The number of aliphatic hydroxyl groups is 3. The first-order chi connectivity index (χ1) is 34.8. The number of piperidine rings is 1. The van der Waals surface area contributed by atoms with E-state index in [0.717, 1.165) is 17.7 Å². The molecule has 73 heavy (non-hydrogen) atoms. The molecule has 1 saturated carbocycles. The van der Waals surface area contributed by atoms with Gasteiger partial charge in [-0.25, -0.2) is 4.79 Å². The number of aliphatic hydroxyl groups excluding tert-OH is 2. The second-order valence-corrected chi connectivity index (χ2v) is 21.7. The summed E-state index contributed by atoms with van der Waals surface area (Å²) >= 11 is 0. The first-order valence-electron chi connectivity index (χ1n) is 27.0. The Morgan fingerprint density at radius 2 is 1.60 bits per heavy atom. The van der Waals surface area contributed by atoms with Crippen LogP contribution < -0.4 is 10.6 Å². The van der Waals surface area contributed by atoms with Crippen LogP contribution in [0.3, 0.4) is 0 Å². The molecule has 4 aliphatic rings. The number of nitrogens with zero attached hydrogens (tertiary/aromatic N) is 2. The standard InChI is InChI=1S/C58H89N3O12/c1-37-18-12-10-13-19-38(2)48(60(30-31-69-7)45-20-14-11-15-21-45)36-46-26-23-42(6)58(68,73-46)55(65)56(66)61-29-17-16-22-47(61)57(67)72-50(39(3)33-43-24-27-49(62)51(35-43)70-8)28-25-44(59)34-41(5)53(64)54(71-9)52(63)40(4)32-37/h10-15,18-21,34,37,39-40,42-44,46-51,53-54,62,64,68H,16-17,22-33,35-36,59H2,1-9H3/b13-10+,18-12+,38-19+,41-34+/t37-,39-,40-,42?,43?,44+,46?,47?,48?,49-,50+,51-,53-,54+,58-/m1/s1. The fourth-order valence-electron chi connectivity index (χ4n) is 11.5. The zero-order valence-electron chi connectivity index (χ0n) is 45.2. The number of para-hydroxylation sites is 1. The number of hydrogen-bond acceptors (Lipinski definition) is 14. The van der Waals surface area contributed by atoms with Gasteiger partial charge in [-0.2, -0.15) is 0 Å². The monoisotopic (exact) mass is 1020 g/mol. The van der Waals surface area contributed by atoms with Crippen LogP contribution in [0.15, 0.2) is 77.9 Å². The molecule has 0 aromatic heterocycles. The molecule has 5 N–H and O–H groups in total. The smallest absolute Gasteiger partial charge is 0.329 e. The number of carbonyl (C=O) groups excluding carboxylic acids is 4. The number of rotatable bonds is 10. The van der Waals surface area contributed by atoms with E-state index in [-0.39, 0.29) is 48.6 Å². The largest absolute Gasteiger partial charge is 0.461 e. The van der Waals surface area contributed by atoms with Crippen molar-refractivity contribution in [1.82, 2.24) is 4.90 Å². The van der Waals surface area contributed by atoms with Crippen molar-refractivity contribution in [3.8, 4) is 0 Å². The maximum Gasteiger partial charge on any atom is 0.329 e. The van der Waals surface area contributed by atoms with Crippen molar-refractivity contribution in [2.24, 2.45) is 35.3 Å². The molecular weight excluding hydrogens is 931 g/mol. The van der Waals surface area contributed by atoms with Crippen LogP contribution in [0.1, 0.15) is 125 Å². The summed E-state index contributed by atoms with van der Waals surface area (Å²) in [5, 5.41) is 34.4. The van der Waals surface area contributed by atoms with Crippen LogP contribution in [0.4, 0.5) is 5.69 Å². The summed E-state index contributed by atoms with van der Waals surface area (Å²) in [5.41, 5.74) is 9.15. The second kappa shape index (κ2) is 28.7. The fraction of sp³-hybridized carbons (Fsp3) is 0.690. The van der Waals surface area contributed by atoms with Gasteiger partial charge in [-0.1, -0.05) is 87.9 Å². The summed E-state index contributed by atoms with van der Waals surface area (Å²) in [6.45, 7) is 12.5. The van der Waals surface area contributed by atoms with Gasteiger partial charge in [0.05, 0.1) is 31.0 Å². The van der Waals surface area contributed by atoms with Gasteiger partial charge in [0, 0.05) is 58.0 Å². The highest BCUT2D eigenvalue weighted by atomic mass is 16.6. The number of benzene rings is 1. The van der Waals surface area contributed by atoms with E-state index in [0.29, 0.717) is 89.4 Å². The van der Waals surface area contributed by atoms with Crippen LogP contribution in [-0.2, 0) is 42.9 Å². The SMILES string of the molecule is COCCN(c1ccccc1)C1CC2CCC(C)[C@@](O)(O2)C(=O)C(=O)N2CCCCC2C(=O)O[C@H]([C@H](C)CC2CC[C@@H](O)[C@H](OC)C2)CC[C@H](N)/C=C(\C)[C@@H](O)[C@@H](OC)C(=O)[C@H](C)C[C@H](C)/C=C/C=C/C=C/1C. The molecule has 1 aromatic carbocycles. The number of carbonyl (C=O) groups is 4. The van der Waals surface area contributed by atoms with E-state index in [4.69, 9.17) is 29.4 Å². The summed E-state index contributed by atoms with van der Waals surface area (Å²) in [4.78, 5) is 61.1. The number of Topliss-reactive ketones (excluding diaryl/α,β-unsaturated/α-hetero) is 2. The van der Waals surface area contributed by atoms with Gasteiger partial charge in [0.25, 0.3) is 11.7 Å². The van der Waals surface area contributed by atoms with Crippen molar-refractivity contribution in [3.05, 3.63) is 77.9 Å². The number of cyclic esters (lactones) is 1. The Hall–Kier alpha value is -4.06. The lowest BCUT2D eigenvalue weighted by atomic mass is 9.78. The molecular formula is C58H89N3O12. The minimum atomic E-state index is -2.44. The Bertz CT molecular complexity index is 2060. The molecule has 2 saturated heterocycles. The highest BCUT2D eigenvalue weighted by molar-refractivity contribution is 6.39. The summed E-state index contributed by atoms with van der Waals surface area (Å²) < 4.78 is 29.7. The quantitative estimate of drug-likeness (QED) is 0.104. The number of methoxy groups -OCH3 is 3. The van der Waals surface area contributed by atoms with Gasteiger partial charge in [-0.15, -0.1) is 0 Å². The van der Waals surface area contributed by atoms with Gasteiger partial charge in [-0.3, -0.25) is 14.4 Å². The number of ketones is 2. The Morgan fingerprint density at radius 3 is 2.30 bits per heavy atom. The number of esters is 1. The molecule has 0 radical (unpaired) electrons. The molecule has 1 amide bonds. The number of allylic oxidation sites excluding steroid dienone is 5. The maximum absolute atomic E-state index is 14.6. The van der Waals surface area contributed by atoms with E-state index in [1.54, 1.807) is 34.1 Å². The first kappa shape index (κ1) is 59.8. The minimum Gasteiger partial charge on any atom is -0.461 e. The van der Waals surface area contributed by atoms with Crippen LogP contribution >= 0.6 is 0 Å². The van der Waals surface area contributed by atoms with E-state index < -0.39 is 77.9 Å². The van der Waals surface area contributed by atoms with Crippen LogP contribution in [0, 0.1) is 29.6 Å². The third kappa shape index (κ3) is 16.2. The normalized spacial score (nSPS) is 37.2. The Labute approximate surface area is 435 Å². The molecule has 0 spiro atoms. The predicted molar refractivity (Wildman–Crippen MR) is 282 cm³/mol. The van der Waals surface area contributed by atoms with Gasteiger partial charge < -0.3 is 54.5 Å². The fourth-order valence-corrected chi connectivity index (χ4v) is 11.5. The van der Waals surface area contributed by atoms with Gasteiger partial charge in [0.1, 0.15) is 24.4 Å². The summed E-state index contributed by atoms with van der Waals surface area (Å²) in [5.74, 6) is -6.44. The molecule has 5 unspecified atom stereocenters. The van der Waals surface area contributed by atoms with Crippen molar-refractivity contribution >= 4 is 29.1 Å². The molecule has 1 aromatic rings. The molecule has 15 heteroatoms. The minimum absolute atomic E-state index is 0.0234. The van der Waals surface area contributed by atoms with Gasteiger partial charge >= 0.3 is 5.97 Å². The average Bonchev–Trinajstić information content (AvgIpc) is 3.38. The van der Waals surface area contributed by atoms with Crippen LogP contribution in [-0.4, -0.2) is 145 Å². The van der Waals surface area contributed by atoms with Gasteiger partial charge in [0.15, 0.2) is 5.78 Å². The van der Waals surface area contributed by atoms with E-state index in [1.165, 1.54) is 12.0 Å². The van der Waals surface area contributed by atoms with Gasteiger partial charge in [-0.05, 0) is 133 Å². The number of ether oxygens (including phenoxy) is 5. The van der Waals surface area contributed by atoms with Crippen molar-refractivity contribution in [3.63, 3.8) is 0 Å². The Morgan fingerprint density at radius 1 is 0.863 bits per heavy atom. The molecule has 3 aliphatic heterocycles. The summed E-state index contributed by atoms with van der Waals surface area (Å²) in [6.07, 6.45) is 13.9. The molecule has 3 heterocycles. The number of fused-ring (bicyclic) bond motifs is 3. The molecule has 15 atom stereocenters. The van der Waals surface area contributed by atoms with Crippen molar-refractivity contribution in [2.45, 2.75) is 186 Å². The molecule has 15 nitrogen and oxygen atoms in total. The Balaban J connectivity index is 1.52. The molecule has 3 fully saturated rings. The van der Waals surface area contributed by atoms with E-state index >= 15 is 0 Å². The Kier molecular flexibility index (Phi) is 23.5. The maximum atomic E-state index is 14.6. The van der Waals surface area contributed by atoms with Crippen molar-refractivity contribution in [1.29, 1.82) is 0 Å². The zero-order valence-corrected chi connectivity index (χ0v) is 45.2. The number of hydrogen-bond donors (Lipinski definition) is 4.